The van der Waals surface area contributed by atoms with Crippen LogP contribution in [0.4, 0.5) is 13.2 Å². The molecule has 17 heavy (non-hydrogen) atoms. The molecule has 5 nitrogen and oxygen atoms in total. The van der Waals surface area contributed by atoms with Crippen molar-refractivity contribution in [3.05, 3.63) is 18.0 Å². The molecule has 1 aromatic heterocycles. The SMILES string of the molecule is CNC(C)(Cn1ccc(C(F)(F)F)n1)C(=O)O. The van der Waals surface area contributed by atoms with Crippen LogP contribution in [0.5, 0.6) is 0 Å². The molecule has 0 saturated carbocycles. The average Bonchev–Trinajstić information content (AvgIpc) is 2.65. The number of aliphatic carboxylic acids is 1. The molecule has 1 atom stereocenters. The van der Waals surface area contributed by atoms with Crippen LogP contribution in [0.15, 0.2) is 12.3 Å². The summed E-state index contributed by atoms with van der Waals surface area (Å²) in [6.45, 7) is 1.17. The zero-order valence-corrected chi connectivity index (χ0v) is 9.25. The first-order chi connectivity index (χ1) is 7.69. The summed E-state index contributed by atoms with van der Waals surface area (Å²) >= 11 is 0. The van der Waals surface area contributed by atoms with Crippen molar-refractivity contribution in [2.75, 3.05) is 7.05 Å². The maximum atomic E-state index is 12.3. The lowest BCUT2D eigenvalue weighted by molar-refractivity contribution is -0.144. The summed E-state index contributed by atoms with van der Waals surface area (Å²) in [5.74, 6) is -1.16. The molecule has 8 heteroatoms. The van der Waals surface area contributed by atoms with Crippen molar-refractivity contribution in [1.29, 1.82) is 0 Å². The molecule has 0 amide bonds. The molecule has 0 aliphatic carbocycles. The van der Waals surface area contributed by atoms with Crippen molar-refractivity contribution >= 4 is 5.97 Å². The van der Waals surface area contributed by atoms with Gasteiger partial charge in [-0.25, -0.2) is 0 Å². The minimum absolute atomic E-state index is 0.199. The second-order valence-electron chi connectivity index (χ2n) is 3.78. The first kappa shape index (κ1) is 13.5. The predicted molar refractivity (Wildman–Crippen MR) is 52.3 cm³/mol. The van der Waals surface area contributed by atoms with Gasteiger partial charge in [-0.1, -0.05) is 0 Å². The van der Waals surface area contributed by atoms with E-state index in [4.69, 9.17) is 5.11 Å². The monoisotopic (exact) mass is 251 g/mol. The van der Waals surface area contributed by atoms with E-state index in [-0.39, 0.29) is 6.54 Å². The van der Waals surface area contributed by atoms with Gasteiger partial charge in [-0.15, -0.1) is 0 Å². The van der Waals surface area contributed by atoms with E-state index >= 15 is 0 Å². The molecule has 0 aliphatic rings. The third-order valence-corrected chi connectivity index (χ3v) is 2.43. The van der Waals surface area contributed by atoms with Crippen molar-refractivity contribution in [2.45, 2.75) is 25.2 Å². The molecule has 0 spiro atoms. The Morgan fingerprint density at radius 3 is 2.53 bits per heavy atom. The van der Waals surface area contributed by atoms with Crippen LogP contribution in [0.2, 0.25) is 0 Å². The van der Waals surface area contributed by atoms with E-state index in [2.05, 4.69) is 10.4 Å². The number of hydrogen-bond acceptors (Lipinski definition) is 3. The molecule has 1 aromatic rings. The number of halogens is 3. The van der Waals surface area contributed by atoms with Gasteiger partial charge < -0.3 is 10.4 Å². The maximum Gasteiger partial charge on any atom is 0.435 e. The molecule has 0 bridgehead atoms. The number of nitrogens with zero attached hydrogens (tertiary/aromatic N) is 2. The minimum Gasteiger partial charge on any atom is -0.480 e. The van der Waals surface area contributed by atoms with Crippen LogP contribution in [-0.4, -0.2) is 33.4 Å². The van der Waals surface area contributed by atoms with Crippen LogP contribution in [0.3, 0.4) is 0 Å². The summed E-state index contributed by atoms with van der Waals surface area (Å²) in [5, 5.41) is 14.8. The highest BCUT2D eigenvalue weighted by Crippen LogP contribution is 2.27. The van der Waals surface area contributed by atoms with Gasteiger partial charge in [-0.3, -0.25) is 9.48 Å². The van der Waals surface area contributed by atoms with Crippen LogP contribution >= 0.6 is 0 Å². The second-order valence-corrected chi connectivity index (χ2v) is 3.78. The third kappa shape index (κ3) is 2.96. The van der Waals surface area contributed by atoms with Crippen molar-refractivity contribution in [3.63, 3.8) is 0 Å². The van der Waals surface area contributed by atoms with E-state index in [1.165, 1.54) is 14.0 Å². The molecule has 1 rings (SSSR count). The van der Waals surface area contributed by atoms with Gasteiger partial charge in [0, 0.05) is 6.20 Å². The fourth-order valence-electron chi connectivity index (χ4n) is 1.18. The van der Waals surface area contributed by atoms with Crippen molar-refractivity contribution in [2.24, 2.45) is 0 Å². The van der Waals surface area contributed by atoms with E-state index in [0.717, 1.165) is 16.9 Å². The number of carbonyl (C=O) groups is 1. The first-order valence-corrected chi connectivity index (χ1v) is 4.72. The molecule has 0 fully saturated rings. The van der Waals surface area contributed by atoms with E-state index < -0.39 is 23.4 Å². The fourth-order valence-corrected chi connectivity index (χ4v) is 1.18. The molecule has 96 valence electrons. The Bertz CT molecular complexity index is 416. The van der Waals surface area contributed by atoms with Crippen LogP contribution in [0, 0.1) is 0 Å². The Kier molecular flexibility index (Phi) is 3.46. The van der Waals surface area contributed by atoms with Gasteiger partial charge in [0.2, 0.25) is 0 Å². The molecule has 0 aliphatic heterocycles. The van der Waals surface area contributed by atoms with Gasteiger partial charge in [0.25, 0.3) is 0 Å². The highest BCUT2D eigenvalue weighted by molar-refractivity contribution is 5.78. The molecule has 0 radical (unpaired) electrons. The smallest absolute Gasteiger partial charge is 0.435 e. The first-order valence-electron chi connectivity index (χ1n) is 4.72. The standard InChI is InChI=1S/C9H12F3N3O2/c1-8(13-2,7(16)17)5-15-4-3-6(14-15)9(10,11)12/h3-4,13H,5H2,1-2H3,(H,16,17). The number of hydrogen-bond donors (Lipinski definition) is 2. The molecule has 0 aromatic carbocycles. The Morgan fingerprint density at radius 2 is 2.18 bits per heavy atom. The number of rotatable bonds is 4. The predicted octanol–water partition coefficient (Wildman–Crippen LogP) is 0.965. The highest BCUT2D eigenvalue weighted by Gasteiger charge is 2.36. The number of carboxylic acid groups (broad SMARTS) is 1. The molecular formula is C9H12F3N3O2. The van der Waals surface area contributed by atoms with E-state index in [1.54, 1.807) is 0 Å². The summed E-state index contributed by atoms with van der Waals surface area (Å²) < 4.78 is 37.8. The summed E-state index contributed by atoms with van der Waals surface area (Å²) in [6, 6.07) is 0.804. The average molecular weight is 251 g/mol. The summed E-state index contributed by atoms with van der Waals surface area (Å²) in [6.07, 6.45) is -3.42. The van der Waals surface area contributed by atoms with Gasteiger partial charge in [-0.2, -0.15) is 18.3 Å². The van der Waals surface area contributed by atoms with Crippen LogP contribution in [0.25, 0.3) is 0 Å². The zero-order chi connectivity index (χ0) is 13.3. The zero-order valence-electron chi connectivity index (χ0n) is 9.25. The van der Waals surface area contributed by atoms with Crippen molar-refractivity contribution in [1.82, 2.24) is 15.1 Å². The van der Waals surface area contributed by atoms with Crippen molar-refractivity contribution < 1.29 is 23.1 Å². The molecule has 1 heterocycles. The lowest BCUT2D eigenvalue weighted by Gasteiger charge is -2.23. The molecule has 2 N–H and O–H groups in total. The molecular weight excluding hydrogens is 239 g/mol. The van der Waals surface area contributed by atoms with Crippen LogP contribution < -0.4 is 5.32 Å². The van der Waals surface area contributed by atoms with E-state index in [0.29, 0.717) is 0 Å². The number of alkyl halides is 3. The Balaban J connectivity index is 2.89. The lowest BCUT2D eigenvalue weighted by Crippen LogP contribution is -2.51. The van der Waals surface area contributed by atoms with Gasteiger partial charge in [0.1, 0.15) is 5.54 Å². The quantitative estimate of drug-likeness (QED) is 0.836. The van der Waals surface area contributed by atoms with E-state index in [1.807, 2.05) is 0 Å². The summed E-state index contributed by atoms with van der Waals surface area (Å²) in [4.78, 5) is 10.9. The number of aromatic nitrogens is 2. The van der Waals surface area contributed by atoms with Gasteiger partial charge >= 0.3 is 12.1 Å². The number of likely N-dealkylation sites (N-methyl/N-ethyl adjacent to an activating group) is 1. The van der Waals surface area contributed by atoms with Crippen LogP contribution in [0.1, 0.15) is 12.6 Å². The fraction of sp³-hybridized carbons (Fsp3) is 0.556. The summed E-state index contributed by atoms with van der Waals surface area (Å²) in [5.41, 5.74) is -2.41. The maximum absolute atomic E-state index is 12.3. The van der Waals surface area contributed by atoms with Gasteiger partial charge in [0.15, 0.2) is 5.69 Å². The Labute approximate surface area is 95.2 Å². The highest BCUT2D eigenvalue weighted by atomic mass is 19.4. The van der Waals surface area contributed by atoms with Gasteiger partial charge in [-0.05, 0) is 20.0 Å². The normalized spacial score (nSPS) is 15.6. The Hall–Kier alpha value is -1.57. The number of carboxylic acids is 1. The van der Waals surface area contributed by atoms with Gasteiger partial charge in [0.05, 0.1) is 6.54 Å². The second kappa shape index (κ2) is 4.36. The van der Waals surface area contributed by atoms with E-state index in [9.17, 15) is 18.0 Å². The largest absolute Gasteiger partial charge is 0.480 e. The lowest BCUT2D eigenvalue weighted by atomic mass is 10.0. The minimum atomic E-state index is -4.52. The summed E-state index contributed by atoms with van der Waals surface area (Å²) in [7, 11) is 1.42. The number of nitrogens with one attached hydrogen (secondary N) is 1. The third-order valence-electron chi connectivity index (χ3n) is 2.43. The van der Waals surface area contributed by atoms with Crippen LogP contribution in [-0.2, 0) is 17.5 Å². The topological polar surface area (TPSA) is 67.2 Å². The molecule has 1 unspecified atom stereocenters. The molecule has 0 saturated heterocycles. The van der Waals surface area contributed by atoms with Crippen molar-refractivity contribution in [3.8, 4) is 0 Å². The Morgan fingerprint density at radius 1 is 1.59 bits per heavy atom.